The summed E-state index contributed by atoms with van der Waals surface area (Å²) in [5.41, 5.74) is 5.73. The molecular formula is C14H27N3O3. The van der Waals surface area contributed by atoms with Crippen LogP contribution >= 0.6 is 0 Å². The molecule has 0 aliphatic heterocycles. The van der Waals surface area contributed by atoms with Crippen molar-refractivity contribution in [3.63, 3.8) is 0 Å². The quantitative estimate of drug-likeness (QED) is 0.575. The molecule has 6 heteroatoms. The van der Waals surface area contributed by atoms with E-state index in [1.165, 1.54) is 0 Å². The predicted molar refractivity (Wildman–Crippen MR) is 77.0 cm³/mol. The molecule has 1 fully saturated rings. The number of carbonyl (C=O) groups is 2. The zero-order valence-electron chi connectivity index (χ0n) is 12.5. The summed E-state index contributed by atoms with van der Waals surface area (Å²) >= 11 is 0. The van der Waals surface area contributed by atoms with Crippen LogP contribution < -0.4 is 16.4 Å². The molecule has 4 N–H and O–H groups in total. The van der Waals surface area contributed by atoms with E-state index in [1.807, 2.05) is 0 Å². The highest BCUT2D eigenvalue weighted by Crippen LogP contribution is 2.29. The van der Waals surface area contributed by atoms with Crippen LogP contribution in [0.5, 0.6) is 0 Å². The first-order valence-electron chi connectivity index (χ1n) is 7.37. The molecule has 0 aromatic carbocycles. The van der Waals surface area contributed by atoms with Crippen LogP contribution in [0, 0.1) is 11.8 Å². The summed E-state index contributed by atoms with van der Waals surface area (Å²) in [4.78, 5) is 24.0. The maximum absolute atomic E-state index is 12.2. The number of rotatable bonds is 7. The van der Waals surface area contributed by atoms with Gasteiger partial charge in [-0.3, -0.25) is 9.59 Å². The summed E-state index contributed by atoms with van der Waals surface area (Å²) in [7, 11) is 1.58. The molecule has 0 aromatic rings. The van der Waals surface area contributed by atoms with Gasteiger partial charge in [-0.25, -0.2) is 0 Å². The van der Waals surface area contributed by atoms with Crippen molar-refractivity contribution in [2.24, 2.45) is 17.6 Å². The van der Waals surface area contributed by atoms with Crippen molar-refractivity contribution < 1.29 is 14.3 Å². The summed E-state index contributed by atoms with van der Waals surface area (Å²) in [6.07, 6.45) is 4.07. The van der Waals surface area contributed by atoms with Crippen molar-refractivity contribution >= 4 is 11.8 Å². The van der Waals surface area contributed by atoms with Gasteiger partial charge >= 0.3 is 0 Å². The van der Waals surface area contributed by atoms with Gasteiger partial charge in [0.1, 0.15) is 6.04 Å². The van der Waals surface area contributed by atoms with Gasteiger partial charge in [-0.15, -0.1) is 0 Å². The Hall–Kier alpha value is -1.14. The molecule has 20 heavy (non-hydrogen) atoms. The minimum absolute atomic E-state index is 0.0467. The van der Waals surface area contributed by atoms with Crippen molar-refractivity contribution in [2.45, 2.75) is 38.6 Å². The van der Waals surface area contributed by atoms with Crippen LogP contribution in [0.3, 0.4) is 0 Å². The zero-order chi connectivity index (χ0) is 15.0. The topological polar surface area (TPSA) is 93.5 Å². The fraction of sp³-hybridized carbons (Fsp3) is 0.857. The Morgan fingerprint density at radius 2 is 2.05 bits per heavy atom. The third-order valence-corrected chi connectivity index (χ3v) is 3.91. The number of ether oxygens (including phenoxy) is 1. The van der Waals surface area contributed by atoms with E-state index in [0.717, 1.165) is 25.7 Å². The fourth-order valence-electron chi connectivity index (χ4n) is 2.65. The average molecular weight is 285 g/mol. The maximum Gasteiger partial charge on any atom is 0.242 e. The summed E-state index contributed by atoms with van der Waals surface area (Å²) in [5.74, 6) is -0.0412. The molecule has 1 aliphatic rings. The van der Waals surface area contributed by atoms with Crippen molar-refractivity contribution in [1.82, 2.24) is 10.6 Å². The number of carbonyl (C=O) groups excluding carboxylic acids is 2. The molecule has 1 saturated carbocycles. The first kappa shape index (κ1) is 16.9. The van der Waals surface area contributed by atoms with Gasteiger partial charge in [-0.1, -0.05) is 12.8 Å². The highest BCUT2D eigenvalue weighted by Gasteiger charge is 2.31. The minimum atomic E-state index is -0.528. The monoisotopic (exact) mass is 285 g/mol. The first-order chi connectivity index (χ1) is 9.60. The van der Waals surface area contributed by atoms with Gasteiger partial charge < -0.3 is 21.1 Å². The lowest BCUT2D eigenvalue weighted by atomic mass is 9.78. The molecule has 0 saturated heterocycles. The van der Waals surface area contributed by atoms with Crippen LogP contribution in [-0.4, -0.2) is 44.7 Å². The Morgan fingerprint density at radius 1 is 1.35 bits per heavy atom. The third kappa shape index (κ3) is 5.09. The van der Waals surface area contributed by atoms with Crippen LogP contribution in [0.15, 0.2) is 0 Å². The fourth-order valence-corrected chi connectivity index (χ4v) is 2.65. The van der Waals surface area contributed by atoms with Crippen molar-refractivity contribution in [2.75, 3.05) is 26.8 Å². The molecule has 1 aliphatic carbocycles. The van der Waals surface area contributed by atoms with Gasteiger partial charge in [0.15, 0.2) is 0 Å². The van der Waals surface area contributed by atoms with Gasteiger partial charge in [-0.05, 0) is 32.2 Å². The van der Waals surface area contributed by atoms with Crippen molar-refractivity contribution in [1.29, 1.82) is 0 Å². The second kappa shape index (κ2) is 8.92. The zero-order valence-corrected chi connectivity index (χ0v) is 12.5. The van der Waals surface area contributed by atoms with Crippen LogP contribution in [0.4, 0.5) is 0 Å². The highest BCUT2D eigenvalue weighted by atomic mass is 16.5. The Labute approximate surface area is 120 Å². The van der Waals surface area contributed by atoms with Crippen LogP contribution in [-0.2, 0) is 14.3 Å². The summed E-state index contributed by atoms with van der Waals surface area (Å²) in [6.45, 7) is 3.14. The molecule has 116 valence electrons. The predicted octanol–water partition coefficient (Wildman–Crippen LogP) is 0.0188. The number of amides is 2. The second-order valence-electron chi connectivity index (χ2n) is 5.40. The Bertz CT molecular complexity index is 323. The van der Waals surface area contributed by atoms with Crippen molar-refractivity contribution in [3.05, 3.63) is 0 Å². The molecule has 1 rings (SSSR count). The standard InChI is InChI=1S/C14H27N3O3/c1-10(13(18)16-7-8-20-2)17-14(19)12-6-4-3-5-11(12)9-15/h10-12H,3-9,15H2,1-2H3,(H,16,18)(H,17,19). The van der Waals surface area contributed by atoms with Gasteiger partial charge in [0, 0.05) is 19.6 Å². The van der Waals surface area contributed by atoms with E-state index in [-0.39, 0.29) is 23.7 Å². The Kier molecular flexibility index (Phi) is 7.54. The van der Waals surface area contributed by atoms with E-state index in [2.05, 4.69) is 10.6 Å². The molecular weight excluding hydrogens is 258 g/mol. The number of nitrogens with two attached hydrogens (primary N) is 1. The lowest BCUT2D eigenvalue weighted by Gasteiger charge is -2.30. The largest absolute Gasteiger partial charge is 0.383 e. The molecule has 0 spiro atoms. The second-order valence-corrected chi connectivity index (χ2v) is 5.40. The SMILES string of the molecule is COCCNC(=O)C(C)NC(=O)C1CCCCC1CN. The minimum Gasteiger partial charge on any atom is -0.383 e. The third-order valence-electron chi connectivity index (χ3n) is 3.91. The number of methoxy groups -OCH3 is 1. The van der Waals surface area contributed by atoms with Crippen molar-refractivity contribution in [3.8, 4) is 0 Å². The lowest BCUT2D eigenvalue weighted by Crippen LogP contribution is -2.49. The number of nitrogens with one attached hydrogen (secondary N) is 2. The van der Waals surface area contributed by atoms with Gasteiger partial charge in [0.05, 0.1) is 6.61 Å². The molecule has 3 unspecified atom stereocenters. The average Bonchev–Trinajstić information content (AvgIpc) is 2.47. The van der Waals surface area contributed by atoms with E-state index in [4.69, 9.17) is 10.5 Å². The molecule has 0 heterocycles. The summed E-state index contributed by atoms with van der Waals surface area (Å²) in [6, 6.07) is -0.528. The van der Waals surface area contributed by atoms with Crippen LogP contribution in [0.1, 0.15) is 32.6 Å². The maximum atomic E-state index is 12.2. The molecule has 6 nitrogen and oxygen atoms in total. The van der Waals surface area contributed by atoms with Gasteiger partial charge in [-0.2, -0.15) is 0 Å². The lowest BCUT2D eigenvalue weighted by molar-refractivity contribution is -0.132. The highest BCUT2D eigenvalue weighted by molar-refractivity contribution is 5.88. The number of hydrogen-bond donors (Lipinski definition) is 3. The van der Waals surface area contributed by atoms with Gasteiger partial charge in [0.2, 0.25) is 11.8 Å². The van der Waals surface area contributed by atoms with Gasteiger partial charge in [0.25, 0.3) is 0 Å². The van der Waals surface area contributed by atoms with E-state index >= 15 is 0 Å². The smallest absolute Gasteiger partial charge is 0.242 e. The first-order valence-corrected chi connectivity index (χ1v) is 7.37. The Balaban J connectivity index is 2.41. The summed E-state index contributed by atoms with van der Waals surface area (Å²) < 4.78 is 4.86. The molecule has 0 radical (unpaired) electrons. The van der Waals surface area contributed by atoms with E-state index in [9.17, 15) is 9.59 Å². The molecule has 2 amide bonds. The molecule has 3 atom stereocenters. The molecule has 0 bridgehead atoms. The van der Waals surface area contributed by atoms with E-state index < -0.39 is 6.04 Å². The Morgan fingerprint density at radius 3 is 2.70 bits per heavy atom. The van der Waals surface area contributed by atoms with E-state index in [1.54, 1.807) is 14.0 Å². The number of hydrogen-bond acceptors (Lipinski definition) is 4. The van der Waals surface area contributed by atoms with E-state index in [0.29, 0.717) is 19.7 Å². The van der Waals surface area contributed by atoms with Crippen LogP contribution in [0.2, 0.25) is 0 Å². The van der Waals surface area contributed by atoms with Crippen LogP contribution in [0.25, 0.3) is 0 Å². The summed E-state index contributed by atoms with van der Waals surface area (Å²) in [5, 5.41) is 5.51. The molecule has 0 aromatic heterocycles. The normalized spacial score (nSPS) is 23.9.